The highest BCUT2D eigenvalue weighted by atomic mass is 32.1. The largest absolute Gasteiger partial charge is 0.479 e. The van der Waals surface area contributed by atoms with Crippen LogP contribution in [0.4, 0.5) is 0 Å². The minimum absolute atomic E-state index is 0.225. The summed E-state index contributed by atoms with van der Waals surface area (Å²) in [5, 5.41) is 16.4. The number of thiocarbonyl (C=S) groups is 1. The summed E-state index contributed by atoms with van der Waals surface area (Å²) in [6.07, 6.45) is -1.62. The van der Waals surface area contributed by atoms with Crippen molar-refractivity contribution in [2.75, 3.05) is 0 Å². The van der Waals surface area contributed by atoms with Crippen LogP contribution in [0.5, 0.6) is 0 Å². The van der Waals surface area contributed by atoms with Crippen molar-refractivity contribution in [2.45, 2.75) is 6.10 Å². The number of rotatable bonds is 2. The summed E-state index contributed by atoms with van der Waals surface area (Å²) >= 11 is 7.66. The number of hydrogen-bond acceptors (Lipinski definition) is 3. The Morgan fingerprint density at radius 2 is 2.12 bits per heavy atom. The van der Waals surface area contributed by atoms with Crippen LogP contribution in [0.2, 0.25) is 0 Å². The van der Waals surface area contributed by atoms with E-state index in [1.165, 1.54) is 0 Å². The number of carbonyl (C=O) groups is 1. The van der Waals surface area contributed by atoms with E-state index in [2.05, 4.69) is 24.8 Å². The third-order valence-corrected chi connectivity index (χ3v) is 0.936. The van der Waals surface area contributed by atoms with Gasteiger partial charge in [-0.05, 0) is 0 Å². The van der Waals surface area contributed by atoms with Gasteiger partial charge < -0.3 is 10.2 Å². The van der Waals surface area contributed by atoms with Crippen molar-refractivity contribution >= 4 is 35.0 Å². The van der Waals surface area contributed by atoms with Gasteiger partial charge in [-0.2, -0.15) is 0 Å². The Kier molecular flexibility index (Phi) is 2.96. The van der Waals surface area contributed by atoms with Gasteiger partial charge in [-0.25, -0.2) is 4.79 Å². The van der Waals surface area contributed by atoms with Gasteiger partial charge in [0.05, 0.1) is 4.20 Å². The van der Waals surface area contributed by atoms with E-state index in [9.17, 15) is 4.79 Å². The number of hydrogen-bond donors (Lipinski definition) is 3. The molecule has 46 valence electrons. The van der Waals surface area contributed by atoms with Crippen molar-refractivity contribution in [2.24, 2.45) is 0 Å². The maximum Gasteiger partial charge on any atom is 0.338 e. The Bertz CT molecular complexity index is 108. The van der Waals surface area contributed by atoms with Crippen LogP contribution in [0.15, 0.2) is 0 Å². The summed E-state index contributed by atoms with van der Waals surface area (Å²) in [6, 6.07) is 0. The van der Waals surface area contributed by atoms with E-state index in [0.717, 1.165) is 0 Å². The van der Waals surface area contributed by atoms with Gasteiger partial charge in [0, 0.05) is 0 Å². The Labute approximate surface area is 56.7 Å². The molecule has 0 heterocycles. The number of aliphatic hydroxyl groups excluding tert-OH is 1. The second-order valence-corrected chi connectivity index (χ2v) is 2.30. The molecule has 0 fully saturated rings. The first-order chi connectivity index (χ1) is 3.55. The van der Waals surface area contributed by atoms with Crippen LogP contribution >= 0.6 is 24.8 Å². The van der Waals surface area contributed by atoms with Crippen LogP contribution in [0.1, 0.15) is 0 Å². The zero-order chi connectivity index (χ0) is 6.73. The fraction of sp³-hybridized carbons (Fsp3) is 0.333. The van der Waals surface area contributed by atoms with Crippen LogP contribution in [0.3, 0.4) is 0 Å². The van der Waals surface area contributed by atoms with E-state index >= 15 is 0 Å². The average Bonchev–Trinajstić information content (AvgIpc) is 1.64. The third-order valence-electron chi connectivity index (χ3n) is 0.468. The van der Waals surface area contributed by atoms with Gasteiger partial charge in [0.1, 0.15) is 0 Å². The second kappa shape index (κ2) is 3.01. The quantitative estimate of drug-likeness (QED) is 0.375. The van der Waals surface area contributed by atoms with Crippen molar-refractivity contribution in [3.8, 4) is 0 Å². The van der Waals surface area contributed by atoms with E-state index in [1.54, 1.807) is 0 Å². The maximum atomic E-state index is 9.75. The zero-order valence-electron chi connectivity index (χ0n) is 3.74. The summed E-state index contributed by atoms with van der Waals surface area (Å²) in [7, 11) is 0. The van der Waals surface area contributed by atoms with Gasteiger partial charge in [-0.3, -0.25) is 0 Å². The van der Waals surface area contributed by atoms with E-state index in [1.807, 2.05) is 0 Å². The molecule has 0 radical (unpaired) electrons. The van der Waals surface area contributed by atoms with Gasteiger partial charge in [-0.1, -0.05) is 12.2 Å². The van der Waals surface area contributed by atoms with E-state index in [4.69, 9.17) is 10.2 Å². The van der Waals surface area contributed by atoms with Crippen molar-refractivity contribution in [3.63, 3.8) is 0 Å². The lowest BCUT2D eigenvalue weighted by atomic mass is 10.4. The van der Waals surface area contributed by atoms with Crippen molar-refractivity contribution in [3.05, 3.63) is 0 Å². The molecule has 0 amide bonds. The molecule has 0 aliphatic heterocycles. The lowest BCUT2D eigenvalue weighted by Crippen LogP contribution is -2.24. The predicted molar refractivity (Wildman–Crippen MR) is 35.2 cm³/mol. The lowest BCUT2D eigenvalue weighted by molar-refractivity contribution is -0.142. The molecule has 8 heavy (non-hydrogen) atoms. The first-order valence-electron chi connectivity index (χ1n) is 1.69. The highest BCUT2D eigenvalue weighted by Gasteiger charge is 2.14. The summed E-state index contributed by atoms with van der Waals surface area (Å²) in [6.45, 7) is 0. The molecule has 2 N–H and O–H groups in total. The van der Waals surface area contributed by atoms with E-state index in [-0.39, 0.29) is 4.20 Å². The lowest BCUT2D eigenvalue weighted by Gasteiger charge is -1.97. The first-order valence-corrected chi connectivity index (χ1v) is 2.55. The van der Waals surface area contributed by atoms with Crippen LogP contribution in [-0.2, 0) is 4.79 Å². The van der Waals surface area contributed by atoms with Crippen LogP contribution < -0.4 is 0 Å². The SMILES string of the molecule is O=C(O)C(O)C(=S)S. The Hall–Kier alpha value is -0.130. The second-order valence-electron chi connectivity index (χ2n) is 1.08. The van der Waals surface area contributed by atoms with Gasteiger partial charge >= 0.3 is 5.97 Å². The fourth-order valence-corrected chi connectivity index (χ4v) is 0.317. The molecule has 0 rings (SSSR count). The van der Waals surface area contributed by atoms with Gasteiger partial charge in [0.25, 0.3) is 0 Å². The number of carboxylic acids is 1. The highest BCUT2D eigenvalue weighted by molar-refractivity contribution is 8.11. The summed E-state index contributed by atoms with van der Waals surface area (Å²) in [4.78, 5) is 9.75. The van der Waals surface area contributed by atoms with Crippen LogP contribution in [-0.4, -0.2) is 26.5 Å². The predicted octanol–water partition coefficient (Wildman–Crippen LogP) is -0.311. The first kappa shape index (κ1) is 7.87. The number of aliphatic carboxylic acids is 1. The summed E-state index contributed by atoms with van der Waals surface area (Å²) in [5.41, 5.74) is 0. The van der Waals surface area contributed by atoms with Gasteiger partial charge in [0.15, 0.2) is 6.10 Å². The Morgan fingerprint density at radius 3 is 2.12 bits per heavy atom. The van der Waals surface area contributed by atoms with Crippen LogP contribution in [0.25, 0.3) is 0 Å². The molecule has 0 bridgehead atoms. The van der Waals surface area contributed by atoms with Crippen LogP contribution in [0, 0.1) is 0 Å². The minimum atomic E-state index is -1.62. The molecule has 0 aliphatic carbocycles. The standard InChI is InChI=1S/C3H4O3S2/c4-1(2(5)6)3(7)8/h1,4H,(H,5,6)(H,7,8). The Balaban J connectivity index is 3.83. The van der Waals surface area contributed by atoms with E-state index < -0.39 is 12.1 Å². The molecule has 0 aliphatic rings. The zero-order valence-corrected chi connectivity index (χ0v) is 5.45. The molecule has 0 spiro atoms. The third kappa shape index (κ3) is 2.25. The number of carboxylic acid groups (broad SMARTS) is 1. The molecule has 3 nitrogen and oxygen atoms in total. The molecular weight excluding hydrogens is 148 g/mol. The molecule has 0 aromatic rings. The van der Waals surface area contributed by atoms with Crippen molar-refractivity contribution in [1.82, 2.24) is 0 Å². The molecule has 0 saturated carbocycles. The fourth-order valence-electron chi connectivity index (χ4n) is 0.106. The summed E-state index contributed by atoms with van der Waals surface area (Å²) < 4.78 is -0.225. The monoisotopic (exact) mass is 152 g/mol. The van der Waals surface area contributed by atoms with Gasteiger partial charge in [0.2, 0.25) is 0 Å². The molecular formula is C3H4O3S2. The van der Waals surface area contributed by atoms with Crippen molar-refractivity contribution < 1.29 is 15.0 Å². The summed E-state index contributed by atoms with van der Waals surface area (Å²) in [5.74, 6) is -1.37. The molecule has 0 aromatic carbocycles. The smallest absolute Gasteiger partial charge is 0.338 e. The van der Waals surface area contributed by atoms with E-state index in [0.29, 0.717) is 0 Å². The van der Waals surface area contributed by atoms with Crippen molar-refractivity contribution in [1.29, 1.82) is 0 Å². The minimum Gasteiger partial charge on any atom is -0.479 e. The number of thiol groups is 1. The topological polar surface area (TPSA) is 57.5 Å². The maximum absolute atomic E-state index is 9.75. The molecule has 0 aromatic heterocycles. The molecule has 1 atom stereocenters. The average molecular weight is 152 g/mol. The normalized spacial score (nSPS) is 12.8. The molecule has 0 saturated heterocycles. The molecule has 5 heteroatoms. The number of aliphatic hydroxyl groups is 1. The Morgan fingerprint density at radius 1 is 1.75 bits per heavy atom. The van der Waals surface area contributed by atoms with Gasteiger partial charge in [-0.15, -0.1) is 12.6 Å². The molecule has 1 unspecified atom stereocenters. The highest BCUT2D eigenvalue weighted by Crippen LogP contribution is 1.92.